The number of para-hydroxylation sites is 1. The summed E-state index contributed by atoms with van der Waals surface area (Å²) in [5.74, 6) is 1.57. The van der Waals surface area contributed by atoms with E-state index in [2.05, 4.69) is 10.2 Å². The molecule has 0 saturated carbocycles. The molecule has 0 spiro atoms. The van der Waals surface area contributed by atoms with E-state index in [9.17, 15) is 9.59 Å². The topological polar surface area (TPSA) is 86.2 Å². The highest BCUT2D eigenvalue weighted by atomic mass is 16.3. The summed E-state index contributed by atoms with van der Waals surface area (Å²) in [7, 11) is 0. The molecule has 0 unspecified atom stereocenters. The second-order valence-corrected chi connectivity index (χ2v) is 8.58. The molecule has 0 fully saturated rings. The van der Waals surface area contributed by atoms with Crippen LogP contribution in [0.1, 0.15) is 47.6 Å². The number of fused-ring (bicyclic) bond motifs is 2. The van der Waals surface area contributed by atoms with E-state index in [-0.39, 0.29) is 18.2 Å². The Kier molecular flexibility index (Phi) is 5.58. The van der Waals surface area contributed by atoms with Gasteiger partial charge in [-0.05, 0) is 51.0 Å². The van der Waals surface area contributed by atoms with Crippen LogP contribution in [0.3, 0.4) is 0 Å². The molecule has 0 N–H and O–H groups in total. The molecule has 0 saturated heterocycles. The lowest BCUT2D eigenvalue weighted by molar-refractivity contribution is -0.131. The minimum atomic E-state index is -0.0839. The number of benzene rings is 1. The molecule has 1 amide bonds. The van der Waals surface area contributed by atoms with Gasteiger partial charge in [-0.3, -0.25) is 14.3 Å². The number of carbonyl (C=O) groups excluding carboxylic acids is 2. The Hall–Kier alpha value is -3.68. The average Bonchev–Trinajstić information content (AvgIpc) is 3.47. The zero-order valence-electron chi connectivity index (χ0n) is 19.0. The van der Waals surface area contributed by atoms with Crippen molar-refractivity contribution in [2.45, 2.75) is 52.6 Å². The molecule has 0 bridgehead atoms. The average molecular weight is 446 g/mol. The lowest BCUT2D eigenvalue weighted by Crippen LogP contribution is -2.30. The van der Waals surface area contributed by atoms with Gasteiger partial charge in [0.15, 0.2) is 5.76 Å². The number of aryl methyl sites for hydroxylation is 3. The maximum Gasteiger partial charge on any atom is 0.247 e. The maximum atomic E-state index is 12.9. The molecule has 0 aliphatic carbocycles. The number of nitrogens with zero attached hydrogens (tertiary/aromatic N) is 5. The summed E-state index contributed by atoms with van der Waals surface area (Å²) in [5.41, 5.74) is 3.44. The fraction of sp³-hybridized carbons (Fsp3) is 0.360. The Morgan fingerprint density at radius 1 is 1.00 bits per heavy atom. The summed E-state index contributed by atoms with van der Waals surface area (Å²) in [5, 5.41) is 10.0. The van der Waals surface area contributed by atoms with Gasteiger partial charge in [0, 0.05) is 31.3 Å². The molecule has 8 nitrogen and oxygen atoms in total. The van der Waals surface area contributed by atoms with E-state index in [0.29, 0.717) is 25.9 Å². The van der Waals surface area contributed by atoms with Crippen molar-refractivity contribution in [3.63, 3.8) is 0 Å². The quantitative estimate of drug-likeness (QED) is 0.456. The standard InChI is InChI=1S/C25H27N5O3/c1-17-11-12-23(33-17)21-15-19-16-28(13-6-14-29(19)27-21)24(31)9-5-10-25(32)30-22-8-4-3-7-20(22)18(2)26-30/h3-4,7-8,11-12,15H,5-6,9-10,13-14,16H2,1-2H3. The molecule has 0 atom stereocenters. The van der Waals surface area contributed by atoms with Gasteiger partial charge < -0.3 is 9.32 Å². The summed E-state index contributed by atoms with van der Waals surface area (Å²) in [6.45, 7) is 5.78. The number of hydrogen-bond donors (Lipinski definition) is 0. The largest absolute Gasteiger partial charge is 0.460 e. The molecule has 3 aromatic heterocycles. The Bertz CT molecular complexity index is 1330. The number of furan rings is 1. The summed E-state index contributed by atoms with van der Waals surface area (Å²) < 4.78 is 9.13. The first-order valence-electron chi connectivity index (χ1n) is 11.4. The lowest BCUT2D eigenvalue weighted by atomic mass is 10.2. The normalized spacial score (nSPS) is 13.8. The molecule has 8 heteroatoms. The molecule has 1 aliphatic rings. The third kappa shape index (κ3) is 4.20. The number of rotatable bonds is 5. The second-order valence-electron chi connectivity index (χ2n) is 8.58. The molecule has 4 heterocycles. The monoisotopic (exact) mass is 445 g/mol. The van der Waals surface area contributed by atoms with Gasteiger partial charge >= 0.3 is 0 Å². The Morgan fingerprint density at radius 3 is 2.64 bits per heavy atom. The van der Waals surface area contributed by atoms with Crippen molar-refractivity contribution in [3.05, 3.63) is 59.6 Å². The fourth-order valence-corrected chi connectivity index (χ4v) is 4.43. The van der Waals surface area contributed by atoms with Crippen LogP contribution >= 0.6 is 0 Å². The highest BCUT2D eigenvalue weighted by molar-refractivity contribution is 5.92. The van der Waals surface area contributed by atoms with E-state index in [1.807, 2.05) is 65.9 Å². The van der Waals surface area contributed by atoms with Crippen LogP contribution in [0.15, 0.2) is 46.9 Å². The number of aromatic nitrogens is 4. The van der Waals surface area contributed by atoms with Crippen LogP contribution in [0, 0.1) is 13.8 Å². The van der Waals surface area contributed by atoms with Gasteiger partial charge in [0.1, 0.15) is 11.5 Å². The Morgan fingerprint density at radius 2 is 1.82 bits per heavy atom. The van der Waals surface area contributed by atoms with Gasteiger partial charge in [-0.15, -0.1) is 0 Å². The predicted molar refractivity (Wildman–Crippen MR) is 124 cm³/mol. The van der Waals surface area contributed by atoms with E-state index in [1.54, 1.807) is 0 Å². The van der Waals surface area contributed by atoms with Gasteiger partial charge in [-0.2, -0.15) is 14.9 Å². The first-order chi connectivity index (χ1) is 16.0. The highest BCUT2D eigenvalue weighted by Crippen LogP contribution is 2.24. The number of amides is 1. The lowest BCUT2D eigenvalue weighted by Gasteiger charge is -2.19. The fourth-order valence-electron chi connectivity index (χ4n) is 4.43. The molecule has 1 aliphatic heterocycles. The zero-order chi connectivity index (χ0) is 22.9. The molecule has 4 aromatic rings. The number of carbonyl (C=O) groups is 2. The molecule has 33 heavy (non-hydrogen) atoms. The molecule has 170 valence electrons. The van der Waals surface area contributed by atoms with Crippen LogP contribution < -0.4 is 0 Å². The minimum absolute atomic E-state index is 0.0642. The zero-order valence-corrected chi connectivity index (χ0v) is 19.0. The summed E-state index contributed by atoms with van der Waals surface area (Å²) in [6.07, 6.45) is 1.96. The van der Waals surface area contributed by atoms with Crippen molar-refractivity contribution >= 4 is 22.7 Å². The van der Waals surface area contributed by atoms with Gasteiger partial charge in [-0.1, -0.05) is 18.2 Å². The van der Waals surface area contributed by atoms with E-state index >= 15 is 0 Å². The third-order valence-electron chi connectivity index (χ3n) is 6.15. The van der Waals surface area contributed by atoms with Crippen molar-refractivity contribution in [1.29, 1.82) is 0 Å². The second kappa shape index (κ2) is 8.69. The Labute approximate surface area is 191 Å². The van der Waals surface area contributed by atoms with E-state index in [4.69, 9.17) is 4.42 Å². The van der Waals surface area contributed by atoms with Crippen molar-refractivity contribution in [2.24, 2.45) is 0 Å². The van der Waals surface area contributed by atoms with Gasteiger partial charge in [0.05, 0.1) is 23.4 Å². The van der Waals surface area contributed by atoms with Crippen LogP contribution in [0.2, 0.25) is 0 Å². The Balaban J connectivity index is 1.20. The van der Waals surface area contributed by atoms with Crippen LogP contribution in [-0.4, -0.2) is 42.8 Å². The molecule has 1 aromatic carbocycles. The first kappa shape index (κ1) is 21.2. The maximum absolute atomic E-state index is 12.9. The van der Waals surface area contributed by atoms with Crippen LogP contribution in [0.5, 0.6) is 0 Å². The molecule has 5 rings (SSSR count). The highest BCUT2D eigenvalue weighted by Gasteiger charge is 2.22. The van der Waals surface area contributed by atoms with E-state index in [0.717, 1.165) is 52.5 Å². The minimum Gasteiger partial charge on any atom is -0.460 e. The number of hydrogen-bond acceptors (Lipinski definition) is 5. The van der Waals surface area contributed by atoms with Gasteiger partial charge in [0.2, 0.25) is 11.8 Å². The van der Waals surface area contributed by atoms with E-state index in [1.165, 1.54) is 4.68 Å². The summed E-state index contributed by atoms with van der Waals surface area (Å²) in [6, 6.07) is 13.5. The first-order valence-corrected chi connectivity index (χ1v) is 11.4. The van der Waals surface area contributed by atoms with Gasteiger partial charge in [-0.25, -0.2) is 0 Å². The van der Waals surface area contributed by atoms with Crippen molar-refractivity contribution in [2.75, 3.05) is 6.54 Å². The van der Waals surface area contributed by atoms with Crippen LogP contribution in [0.4, 0.5) is 0 Å². The summed E-state index contributed by atoms with van der Waals surface area (Å²) >= 11 is 0. The van der Waals surface area contributed by atoms with Gasteiger partial charge in [0.25, 0.3) is 0 Å². The third-order valence-corrected chi connectivity index (χ3v) is 6.15. The van der Waals surface area contributed by atoms with Crippen molar-refractivity contribution in [1.82, 2.24) is 24.5 Å². The molecule has 0 radical (unpaired) electrons. The van der Waals surface area contributed by atoms with Crippen molar-refractivity contribution < 1.29 is 14.0 Å². The molecular weight excluding hydrogens is 418 g/mol. The van der Waals surface area contributed by atoms with E-state index < -0.39 is 0 Å². The van der Waals surface area contributed by atoms with Crippen LogP contribution in [-0.2, 0) is 17.9 Å². The smallest absolute Gasteiger partial charge is 0.247 e. The summed E-state index contributed by atoms with van der Waals surface area (Å²) in [4.78, 5) is 27.5. The van der Waals surface area contributed by atoms with Crippen molar-refractivity contribution in [3.8, 4) is 11.5 Å². The predicted octanol–water partition coefficient (Wildman–Crippen LogP) is 4.35. The molecular formula is C25H27N5O3. The van der Waals surface area contributed by atoms with Crippen LogP contribution in [0.25, 0.3) is 22.4 Å². The SMILES string of the molecule is Cc1ccc(-c2cc3n(n2)CCCN(C(=O)CCCC(=O)n2nc(C)c4ccccc42)C3)o1.